The highest BCUT2D eigenvalue weighted by atomic mass is 32.2. The molecule has 10 heteroatoms. The van der Waals surface area contributed by atoms with Gasteiger partial charge in [-0.2, -0.15) is 4.31 Å². The molecule has 0 bridgehead atoms. The van der Waals surface area contributed by atoms with Crippen LogP contribution in [-0.2, 0) is 29.1 Å². The number of sulfonamides is 1. The van der Waals surface area contributed by atoms with E-state index in [0.717, 1.165) is 19.4 Å². The van der Waals surface area contributed by atoms with Crippen molar-refractivity contribution in [3.63, 3.8) is 0 Å². The number of carbonyl (C=O) groups excluding carboxylic acids is 2. The number of hydrogen-bond donors (Lipinski definition) is 1. The number of ether oxygens (including phenoxy) is 2. The van der Waals surface area contributed by atoms with E-state index >= 15 is 0 Å². The Labute approximate surface area is 162 Å². The molecule has 0 spiro atoms. The molecule has 1 aromatic rings. The largest absolute Gasteiger partial charge is 0.455 e. The van der Waals surface area contributed by atoms with Crippen LogP contribution < -0.4 is 5.32 Å². The van der Waals surface area contributed by atoms with Gasteiger partial charge in [0.15, 0.2) is 6.61 Å². The fourth-order valence-electron chi connectivity index (χ4n) is 3.21. The van der Waals surface area contributed by atoms with Gasteiger partial charge in [-0.1, -0.05) is 6.07 Å². The second-order valence-electron chi connectivity index (χ2n) is 6.66. The number of nitrogens with zero attached hydrogens (tertiary/aromatic N) is 1. The average molecular weight is 417 g/mol. The van der Waals surface area contributed by atoms with E-state index in [9.17, 15) is 18.0 Å². The Balaban J connectivity index is 1.38. The monoisotopic (exact) mass is 416 g/mol. The van der Waals surface area contributed by atoms with Crippen molar-refractivity contribution in [2.24, 2.45) is 5.92 Å². The SMILES string of the molecule is O=C(COC(=O)C1CCN(S(=O)(=O)c2cccs2)CC1)NC[C@H]1CCCO1. The van der Waals surface area contributed by atoms with E-state index in [1.54, 1.807) is 17.5 Å². The summed E-state index contributed by atoms with van der Waals surface area (Å²) in [6, 6.07) is 3.28. The first kappa shape index (κ1) is 20.2. The summed E-state index contributed by atoms with van der Waals surface area (Å²) in [7, 11) is -3.49. The molecule has 2 aliphatic rings. The number of rotatable bonds is 7. The van der Waals surface area contributed by atoms with Crippen LogP contribution in [0.2, 0.25) is 0 Å². The number of carbonyl (C=O) groups is 2. The van der Waals surface area contributed by atoms with E-state index in [2.05, 4.69) is 5.32 Å². The zero-order valence-corrected chi connectivity index (χ0v) is 16.6. The Hall–Kier alpha value is -1.49. The van der Waals surface area contributed by atoms with Crippen LogP contribution in [0.5, 0.6) is 0 Å². The lowest BCUT2D eigenvalue weighted by Crippen LogP contribution is -2.41. The Morgan fingerprint density at radius 1 is 1.30 bits per heavy atom. The van der Waals surface area contributed by atoms with Crippen molar-refractivity contribution in [2.45, 2.75) is 36.0 Å². The molecule has 3 rings (SSSR count). The van der Waals surface area contributed by atoms with Gasteiger partial charge in [0.2, 0.25) is 0 Å². The third-order valence-electron chi connectivity index (χ3n) is 4.77. The minimum absolute atomic E-state index is 0.0410. The number of piperidine rings is 1. The molecule has 0 unspecified atom stereocenters. The second kappa shape index (κ2) is 9.13. The summed E-state index contributed by atoms with van der Waals surface area (Å²) in [4.78, 5) is 23.9. The standard InChI is InChI=1S/C17H24N2O6S2/c20-15(18-11-14-3-1-9-24-14)12-25-17(21)13-5-7-19(8-6-13)27(22,23)16-4-2-10-26-16/h2,4,10,13-14H,1,3,5-9,11-12H2,(H,18,20)/t14-/m1/s1. The van der Waals surface area contributed by atoms with Crippen LogP contribution in [0.15, 0.2) is 21.7 Å². The van der Waals surface area contributed by atoms with E-state index in [4.69, 9.17) is 9.47 Å². The lowest BCUT2D eigenvalue weighted by atomic mass is 9.98. The normalized spacial score (nSPS) is 21.9. The Morgan fingerprint density at radius 3 is 2.70 bits per heavy atom. The van der Waals surface area contributed by atoms with Crippen LogP contribution in [0.4, 0.5) is 0 Å². The summed E-state index contributed by atoms with van der Waals surface area (Å²) in [5.74, 6) is -1.18. The number of nitrogens with one attached hydrogen (secondary N) is 1. The van der Waals surface area contributed by atoms with Crippen molar-refractivity contribution in [3.8, 4) is 0 Å². The maximum absolute atomic E-state index is 12.5. The van der Waals surface area contributed by atoms with Crippen molar-refractivity contribution >= 4 is 33.2 Å². The summed E-state index contributed by atoms with van der Waals surface area (Å²) >= 11 is 1.18. The lowest BCUT2D eigenvalue weighted by Gasteiger charge is -2.29. The third-order valence-corrected chi connectivity index (χ3v) is 8.04. The molecule has 2 saturated heterocycles. The minimum Gasteiger partial charge on any atom is -0.455 e. The topological polar surface area (TPSA) is 102 Å². The van der Waals surface area contributed by atoms with Gasteiger partial charge in [-0.05, 0) is 37.1 Å². The van der Waals surface area contributed by atoms with Crippen LogP contribution in [0.1, 0.15) is 25.7 Å². The predicted molar refractivity (Wildman–Crippen MR) is 98.7 cm³/mol. The zero-order valence-electron chi connectivity index (χ0n) is 15.0. The molecule has 3 heterocycles. The van der Waals surface area contributed by atoms with Crippen molar-refractivity contribution in [1.82, 2.24) is 9.62 Å². The van der Waals surface area contributed by atoms with Crippen molar-refractivity contribution in [1.29, 1.82) is 0 Å². The maximum atomic E-state index is 12.5. The maximum Gasteiger partial charge on any atom is 0.309 e. The number of amides is 1. The van der Waals surface area contributed by atoms with E-state index in [1.165, 1.54) is 15.6 Å². The highest BCUT2D eigenvalue weighted by Crippen LogP contribution is 2.26. The first-order chi connectivity index (χ1) is 13.0. The fraction of sp³-hybridized carbons (Fsp3) is 0.647. The molecule has 1 N–H and O–H groups in total. The highest BCUT2D eigenvalue weighted by Gasteiger charge is 2.33. The van der Waals surface area contributed by atoms with Crippen LogP contribution in [0, 0.1) is 5.92 Å². The van der Waals surface area contributed by atoms with Crippen LogP contribution in [0.3, 0.4) is 0 Å². The molecular weight excluding hydrogens is 392 g/mol. The van der Waals surface area contributed by atoms with Gasteiger partial charge in [0.1, 0.15) is 4.21 Å². The highest BCUT2D eigenvalue weighted by molar-refractivity contribution is 7.91. The molecule has 1 amide bonds. The van der Waals surface area contributed by atoms with Gasteiger partial charge in [-0.15, -0.1) is 11.3 Å². The Kier molecular flexibility index (Phi) is 6.85. The van der Waals surface area contributed by atoms with E-state index in [-0.39, 0.29) is 37.6 Å². The van der Waals surface area contributed by atoms with Gasteiger partial charge < -0.3 is 14.8 Å². The quantitative estimate of drug-likeness (QED) is 0.665. The molecule has 0 radical (unpaired) electrons. The Morgan fingerprint density at radius 2 is 2.07 bits per heavy atom. The molecule has 1 aromatic heterocycles. The van der Waals surface area contributed by atoms with Gasteiger partial charge in [0, 0.05) is 26.2 Å². The summed E-state index contributed by atoms with van der Waals surface area (Å²) in [5.41, 5.74) is 0. The van der Waals surface area contributed by atoms with Crippen LogP contribution >= 0.6 is 11.3 Å². The fourth-order valence-corrected chi connectivity index (χ4v) is 5.82. The molecule has 1 atom stereocenters. The average Bonchev–Trinajstić information content (AvgIpc) is 3.38. The predicted octanol–water partition coefficient (Wildman–Crippen LogP) is 0.987. The summed E-state index contributed by atoms with van der Waals surface area (Å²) in [5, 5.41) is 4.42. The molecule has 0 aromatic carbocycles. The van der Waals surface area contributed by atoms with Gasteiger partial charge >= 0.3 is 5.97 Å². The molecule has 2 aliphatic heterocycles. The number of esters is 1. The molecule has 27 heavy (non-hydrogen) atoms. The Bertz CT molecular complexity index is 735. The van der Waals surface area contributed by atoms with Crippen LogP contribution in [0.25, 0.3) is 0 Å². The van der Waals surface area contributed by atoms with Gasteiger partial charge in [0.05, 0.1) is 12.0 Å². The first-order valence-electron chi connectivity index (χ1n) is 9.05. The molecule has 8 nitrogen and oxygen atoms in total. The molecule has 2 fully saturated rings. The molecule has 150 valence electrons. The van der Waals surface area contributed by atoms with E-state index in [1.807, 2.05) is 0 Å². The van der Waals surface area contributed by atoms with Gasteiger partial charge in [-0.25, -0.2) is 8.42 Å². The summed E-state index contributed by atoms with van der Waals surface area (Å²) in [6.45, 7) is 1.36. The minimum atomic E-state index is -3.49. The number of hydrogen-bond acceptors (Lipinski definition) is 7. The second-order valence-corrected chi connectivity index (χ2v) is 9.77. The molecule has 0 aliphatic carbocycles. The molecule has 0 saturated carbocycles. The smallest absolute Gasteiger partial charge is 0.309 e. The zero-order chi connectivity index (χ0) is 19.3. The summed E-state index contributed by atoms with van der Waals surface area (Å²) < 4.78 is 37.2. The van der Waals surface area contributed by atoms with Crippen molar-refractivity contribution in [3.05, 3.63) is 17.5 Å². The third kappa shape index (κ3) is 5.28. The van der Waals surface area contributed by atoms with Crippen LogP contribution in [-0.4, -0.2) is 63.6 Å². The van der Waals surface area contributed by atoms with Gasteiger partial charge in [-0.3, -0.25) is 9.59 Å². The van der Waals surface area contributed by atoms with Gasteiger partial charge in [0.25, 0.3) is 15.9 Å². The van der Waals surface area contributed by atoms with E-state index < -0.39 is 16.0 Å². The molecular formula is C17H24N2O6S2. The first-order valence-corrected chi connectivity index (χ1v) is 11.4. The van der Waals surface area contributed by atoms with Crippen molar-refractivity contribution < 1.29 is 27.5 Å². The summed E-state index contributed by atoms with van der Waals surface area (Å²) in [6.07, 6.45) is 2.74. The number of thiophene rings is 1. The van der Waals surface area contributed by atoms with Crippen molar-refractivity contribution in [2.75, 3.05) is 32.8 Å². The van der Waals surface area contributed by atoms with E-state index in [0.29, 0.717) is 23.6 Å². The lowest BCUT2D eigenvalue weighted by molar-refractivity contribution is -0.153.